The van der Waals surface area contributed by atoms with Gasteiger partial charge >= 0.3 is 0 Å². The van der Waals surface area contributed by atoms with Crippen LogP contribution in [0.4, 0.5) is 5.69 Å². The first kappa shape index (κ1) is 20.1. The Bertz CT molecular complexity index is 1170. The molecule has 0 atom stereocenters. The molecule has 2 heterocycles. The number of hydrogen-bond acceptors (Lipinski definition) is 6. The minimum absolute atomic E-state index is 0.0159. The third-order valence-electron chi connectivity index (χ3n) is 5.26. The van der Waals surface area contributed by atoms with Crippen molar-refractivity contribution in [3.05, 3.63) is 51.4 Å². The molecule has 9 heteroatoms. The predicted molar refractivity (Wildman–Crippen MR) is 115 cm³/mol. The van der Waals surface area contributed by atoms with Crippen LogP contribution in [-0.4, -0.2) is 35.0 Å². The van der Waals surface area contributed by atoms with E-state index >= 15 is 0 Å². The van der Waals surface area contributed by atoms with Crippen LogP contribution in [0.1, 0.15) is 23.3 Å². The topological polar surface area (TPSA) is 108 Å². The molecular formula is C21H22N4O4S. The fourth-order valence-corrected chi connectivity index (χ4v) is 4.96. The van der Waals surface area contributed by atoms with Crippen LogP contribution >= 0.6 is 11.3 Å². The number of primary amides is 1. The number of nitrogens with two attached hydrogens (primary N) is 1. The van der Waals surface area contributed by atoms with Crippen LogP contribution in [0, 0.1) is 0 Å². The number of fused-ring (bicyclic) bond motifs is 3. The maximum Gasteiger partial charge on any atom is 0.262 e. The van der Waals surface area contributed by atoms with Gasteiger partial charge in [-0.1, -0.05) is 0 Å². The Balaban J connectivity index is 1.63. The molecule has 30 heavy (non-hydrogen) atoms. The lowest BCUT2D eigenvalue weighted by Crippen LogP contribution is -2.38. The van der Waals surface area contributed by atoms with Gasteiger partial charge < -0.3 is 15.4 Å². The fourth-order valence-electron chi connectivity index (χ4n) is 3.75. The average molecular weight is 426 g/mol. The average Bonchev–Trinajstić information content (AvgIpc) is 3.31. The van der Waals surface area contributed by atoms with Crippen LogP contribution in [0.25, 0.3) is 10.2 Å². The number of carbonyl (C=O) groups is 2. The largest absolute Gasteiger partial charge is 0.497 e. The number of anilines is 1. The molecule has 0 spiro atoms. The molecule has 0 radical (unpaired) electrons. The van der Waals surface area contributed by atoms with Crippen LogP contribution in [-0.2, 0) is 29.0 Å². The van der Waals surface area contributed by atoms with E-state index in [1.807, 2.05) is 0 Å². The highest BCUT2D eigenvalue weighted by Gasteiger charge is 2.23. The van der Waals surface area contributed by atoms with Gasteiger partial charge in [0.1, 0.15) is 17.1 Å². The number of hydrogen-bond donors (Lipinski definition) is 1. The third-order valence-corrected chi connectivity index (χ3v) is 6.46. The van der Waals surface area contributed by atoms with Gasteiger partial charge in [0.25, 0.3) is 5.56 Å². The van der Waals surface area contributed by atoms with Gasteiger partial charge in [-0.2, -0.15) is 0 Å². The Morgan fingerprint density at radius 2 is 2.03 bits per heavy atom. The highest BCUT2D eigenvalue weighted by Crippen LogP contribution is 2.34. The first-order valence-electron chi connectivity index (χ1n) is 9.70. The van der Waals surface area contributed by atoms with E-state index < -0.39 is 5.91 Å². The molecule has 1 aromatic carbocycles. The monoisotopic (exact) mass is 426 g/mol. The van der Waals surface area contributed by atoms with Crippen LogP contribution < -0.4 is 20.9 Å². The molecule has 0 aliphatic heterocycles. The van der Waals surface area contributed by atoms with E-state index in [2.05, 4.69) is 4.98 Å². The standard InChI is InChI=1S/C21H22N4O4S/c1-29-14-7-5-13(6-8-14)25(10-9-17(22)26)18(27)11-24-12-23-20-19(21(24)28)15-3-2-4-16(15)30-20/h5-8,12H,2-4,9-11H2,1H3,(H2,22,26). The Kier molecular flexibility index (Phi) is 5.54. The number of benzene rings is 1. The summed E-state index contributed by atoms with van der Waals surface area (Å²) >= 11 is 1.56. The summed E-state index contributed by atoms with van der Waals surface area (Å²) in [5.74, 6) is -0.176. The molecule has 4 rings (SSSR count). The third kappa shape index (κ3) is 3.80. The molecule has 156 valence electrons. The molecule has 2 N–H and O–H groups in total. The first-order valence-corrected chi connectivity index (χ1v) is 10.5. The molecule has 2 aromatic heterocycles. The maximum atomic E-state index is 13.1. The van der Waals surface area contributed by atoms with E-state index in [1.54, 1.807) is 42.7 Å². The van der Waals surface area contributed by atoms with Crippen molar-refractivity contribution < 1.29 is 14.3 Å². The second-order valence-electron chi connectivity index (χ2n) is 7.17. The summed E-state index contributed by atoms with van der Waals surface area (Å²) in [4.78, 5) is 45.3. The quantitative estimate of drug-likeness (QED) is 0.621. The summed E-state index contributed by atoms with van der Waals surface area (Å²) in [6.45, 7) is -0.0457. The minimum Gasteiger partial charge on any atom is -0.497 e. The summed E-state index contributed by atoms with van der Waals surface area (Å²) in [7, 11) is 1.56. The summed E-state index contributed by atoms with van der Waals surface area (Å²) < 4.78 is 6.50. The number of rotatable bonds is 7. The van der Waals surface area contributed by atoms with Crippen molar-refractivity contribution in [1.29, 1.82) is 0 Å². The van der Waals surface area contributed by atoms with Crippen molar-refractivity contribution in [1.82, 2.24) is 9.55 Å². The van der Waals surface area contributed by atoms with Gasteiger partial charge in [-0.3, -0.25) is 19.0 Å². The van der Waals surface area contributed by atoms with Crippen LogP contribution in [0.5, 0.6) is 5.75 Å². The Morgan fingerprint density at radius 3 is 2.73 bits per heavy atom. The van der Waals surface area contributed by atoms with E-state index in [-0.39, 0.29) is 31.0 Å². The second kappa shape index (κ2) is 8.27. The van der Waals surface area contributed by atoms with E-state index in [0.29, 0.717) is 16.8 Å². The van der Waals surface area contributed by atoms with Gasteiger partial charge in [0.2, 0.25) is 11.8 Å². The fraction of sp³-hybridized carbons (Fsp3) is 0.333. The molecule has 0 saturated heterocycles. The molecule has 1 aliphatic rings. The molecule has 3 aromatic rings. The molecule has 0 fully saturated rings. The molecule has 8 nitrogen and oxygen atoms in total. The highest BCUT2D eigenvalue weighted by molar-refractivity contribution is 7.18. The lowest BCUT2D eigenvalue weighted by molar-refractivity contribution is -0.119. The first-order chi connectivity index (χ1) is 14.5. The number of aryl methyl sites for hydroxylation is 2. The maximum absolute atomic E-state index is 13.1. The van der Waals surface area contributed by atoms with Crippen LogP contribution in [0.15, 0.2) is 35.4 Å². The van der Waals surface area contributed by atoms with Gasteiger partial charge in [-0.15, -0.1) is 11.3 Å². The van der Waals surface area contributed by atoms with E-state index in [9.17, 15) is 14.4 Å². The van der Waals surface area contributed by atoms with Crippen molar-refractivity contribution in [2.45, 2.75) is 32.2 Å². The van der Waals surface area contributed by atoms with Gasteiger partial charge in [0.05, 0.1) is 18.8 Å². The molecular weight excluding hydrogens is 404 g/mol. The van der Waals surface area contributed by atoms with Crippen molar-refractivity contribution >= 4 is 39.1 Å². The van der Waals surface area contributed by atoms with Crippen LogP contribution in [0.3, 0.4) is 0 Å². The second-order valence-corrected chi connectivity index (χ2v) is 8.26. The SMILES string of the molecule is COc1ccc(N(CCC(N)=O)C(=O)Cn2cnc3sc4c(c3c2=O)CCC4)cc1. The zero-order valence-electron chi connectivity index (χ0n) is 16.6. The van der Waals surface area contributed by atoms with Crippen molar-refractivity contribution in [3.8, 4) is 5.75 Å². The zero-order valence-corrected chi connectivity index (χ0v) is 17.4. The lowest BCUT2D eigenvalue weighted by Gasteiger charge is -2.23. The van der Waals surface area contributed by atoms with Crippen molar-refractivity contribution in [2.75, 3.05) is 18.6 Å². The zero-order chi connectivity index (χ0) is 21.3. The summed E-state index contributed by atoms with van der Waals surface area (Å²) in [5.41, 5.74) is 6.76. The smallest absolute Gasteiger partial charge is 0.262 e. The number of amides is 2. The summed E-state index contributed by atoms with van der Waals surface area (Å²) in [6.07, 6.45) is 4.34. The van der Waals surface area contributed by atoms with Crippen molar-refractivity contribution in [2.24, 2.45) is 5.73 Å². The van der Waals surface area contributed by atoms with E-state index in [1.165, 1.54) is 20.7 Å². The predicted octanol–water partition coefficient (Wildman–Crippen LogP) is 1.86. The lowest BCUT2D eigenvalue weighted by atomic mass is 10.2. The molecule has 0 saturated carbocycles. The van der Waals surface area contributed by atoms with Gasteiger partial charge in [0, 0.05) is 23.5 Å². The van der Waals surface area contributed by atoms with Crippen molar-refractivity contribution in [3.63, 3.8) is 0 Å². The Hall–Kier alpha value is -3.20. The number of aromatic nitrogens is 2. The number of thiophene rings is 1. The number of nitrogens with zero attached hydrogens (tertiary/aromatic N) is 3. The highest BCUT2D eigenvalue weighted by atomic mass is 32.1. The summed E-state index contributed by atoms with van der Waals surface area (Å²) in [6, 6.07) is 6.92. The number of methoxy groups -OCH3 is 1. The number of ether oxygens (including phenoxy) is 1. The Labute approximate surface area is 176 Å². The number of carbonyl (C=O) groups excluding carboxylic acids is 2. The molecule has 0 unspecified atom stereocenters. The van der Waals surface area contributed by atoms with Gasteiger partial charge in [0.15, 0.2) is 0 Å². The van der Waals surface area contributed by atoms with E-state index in [4.69, 9.17) is 10.5 Å². The molecule has 1 aliphatic carbocycles. The Morgan fingerprint density at radius 1 is 1.27 bits per heavy atom. The van der Waals surface area contributed by atoms with Crippen LogP contribution in [0.2, 0.25) is 0 Å². The minimum atomic E-state index is -0.504. The molecule has 2 amide bonds. The molecule has 0 bridgehead atoms. The van der Waals surface area contributed by atoms with Gasteiger partial charge in [-0.25, -0.2) is 4.98 Å². The van der Waals surface area contributed by atoms with Gasteiger partial charge in [-0.05, 0) is 49.1 Å². The van der Waals surface area contributed by atoms with E-state index in [0.717, 1.165) is 29.7 Å². The summed E-state index contributed by atoms with van der Waals surface area (Å²) in [5, 5.41) is 0.635. The normalized spacial score (nSPS) is 12.7.